The summed E-state index contributed by atoms with van der Waals surface area (Å²) in [7, 11) is 0. The van der Waals surface area contributed by atoms with E-state index in [4.69, 9.17) is 9.47 Å². The van der Waals surface area contributed by atoms with E-state index in [1.807, 2.05) is 13.8 Å². The second-order valence-corrected chi connectivity index (χ2v) is 7.89. The van der Waals surface area contributed by atoms with Crippen LogP contribution in [-0.2, 0) is 14.3 Å². The normalized spacial score (nSPS) is 24.5. The Morgan fingerprint density at radius 3 is 2.57 bits per heavy atom. The number of rotatable bonds is 7. The fourth-order valence-electron chi connectivity index (χ4n) is 4.17. The van der Waals surface area contributed by atoms with Crippen LogP contribution in [0.3, 0.4) is 0 Å². The minimum absolute atomic E-state index is 0.00359. The first-order valence-electron chi connectivity index (χ1n) is 10.4. The summed E-state index contributed by atoms with van der Waals surface area (Å²) in [5, 5.41) is 2.79. The van der Waals surface area contributed by atoms with Gasteiger partial charge in [-0.3, -0.25) is 19.3 Å². The molecule has 8 heteroatoms. The Morgan fingerprint density at radius 2 is 1.93 bits per heavy atom. The Morgan fingerprint density at radius 1 is 1.23 bits per heavy atom. The van der Waals surface area contributed by atoms with Crippen LogP contribution in [0.2, 0.25) is 0 Å². The van der Waals surface area contributed by atoms with Crippen LogP contribution in [0, 0.1) is 5.92 Å². The van der Waals surface area contributed by atoms with Crippen LogP contribution in [0.15, 0.2) is 24.3 Å². The van der Waals surface area contributed by atoms with E-state index in [0.29, 0.717) is 24.3 Å². The molecule has 8 nitrogen and oxygen atoms in total. The van der Waals surface area contributed by atoms with Gasteiger partial charge in [-0.2, -0.15) is 0 Å². The van der Waals surface area contributed by atoms with Gasteiger partial charge in [0, 0.05) is 5.56 Å². The average Bonchev–Trinajstić information content (AvgIpc) is 2.95. The molecule has 1 aliphatic carbocycles. The molecule has 1 saturated carbocycles. The van der Waals surface area contributed by atoms with E-state index in [1.165, 1.54) is 6.92 Å². The molecule has 3 atom stereocenters. The maximum Gasteiger partial charge on any atom is 0.326 e. The lowest BCUT2D eigenvalue weighted by Crippen LogP contribution is -2.54. The van der Waals surface area contributed by atoms with Gasteiger partial charge in [0.05, 0.1) is 6.61 Å². The number of benzene rings is 1. The molecule has 2 fully saturated rings. The van der Waals surface area contributed by atoms with Crippen molar-refractivity contribution in [2.45, 2.75) is 58.1 Å². The number of Topliss-reactive ketones (excluding diaryl/α,β-unsaturated/α-hetero) is 1. The maximum absolute atomic E-state index is 12.9. The first-order chi connectivity index (χ1) is 14.3. The zero-order valence-corrected chi connectivity index (χ0v) is 17.6. The van der Waals surface area contributed by atoms with Gasteiger partial charge in [0.25, 0.3) is 5.91 Å². The Balaban J connectivity index is 1.60. The molecule has 0 unspecified atom stereocenters. The van der Waals surface area contributed by atoms with Gasteiger partial charge in [-0.1, -0.05) is 19.8 Å². The number of nitrogens with one attached hydrogen (secondary N) is 1. The number of urea groups is 1. The van der Waals surface area contributed by atoms with Gasteiger partial charge >= 0.3 is 12.0 Å². The summed E-state index contributed by atoms with van der Waals surface area (Å²) < 4.78 is 10.6. The van der Waals surface area contributed by atoms with Crippen LogP contribution in [0.4, 0.5) is 4.79 Å². The van der Waals surface area contributed by atoms with Gasteiger partial charge in [0.15, 0.2) is 6.10 Å². The lowest BCUT2D eigenvalue weighted by Gasteiger charge is -2.36. The molecule has 3 amide bonds. The summed E-state index contributed by atoms with van der Waals surface area (Å²) in [5.41, 5.74) is -0.553. The van der Waals surface area contributed by atoms with Crippen LogP contribution in [0.1, 0.15) is 56.8 Å². The van der Waals surface area contributed by atoms with Crippen molar-refractivity contribution in [2.24, 2.45) is 5.92 Å². The summed E-state index contributed by atoms with van der Waals surface area (Å²) in [6, 6.07) is 5.95. The van der Waals surface area contributed by atoms with Gasteiger partial charge in [-0.15, -0.1) is 0 Å². The lowest BCUT2D eigenvalue weighted by atomic mass is 9.73. The number of ether oxygens (including phenoxy) is 2. The fraction of sp³-hybridized carbons (Fsp3) is 0.545. The highest BCUT2D eigenvalue weighted by atomic mass is 16.5. The molecule has 1 saturated heterocycles. The third kappa shape index (κ3) is 4.17. The van der Waals surface area contributed by atoms with E-state index in [-0.39, 0.29) is 17.6 Å². The SMILES string of the molecule is CCOc1ccc(C(=O)[C@H](C)OC(=O)CN2C(=O)N[C@]3(CCCC[C@@H]3C)C2=O)cc1. The molecule has 0 aromatic heterocycles. The number of imide groups is 1. The molecule has 162 valence electrons. The smallest absolute Gasteiger partial charge is 0.326 e. The number of nitrogens with zero attached hydrogens (tertiary/aromatic N) is 1. The largest absolute Gasteiger partial charge is 0.494 e. The molecule has 1 spiro atoms. The zero-order chi connectivity index (χ0) is 21.9. The molecule has 1 aromatic carbocycles. The average molecular weight is 416 g/mol. The molecule has 0 bridgehead atoms. The predicted molar refractivity (Wildman–Crippen MR) is 108 cm³/mol. The van der Waals surface area contributed by atoms with E-state index >= 15 is 0 Å². The second kappa shape index (κ2) is 8.85. The van der Waals surface area contributed by atoms with Crippen molar-refractivity contribution in [1.29, 1.82) is 0 Å². The highest BCUT2D eigenvalue weighted by molar-refractivity contribution is 6.09. The monoisotopic (exact) mass is 416 g/mol. The van der Waals surface area contributed by atoms with Crippen molar-refractivity contribution in [1.82, 2.24) is 10.2 Å². The number of hydrogen-bond acceptors (Lipinski definition) is 6. The zero-order valence-electron chi connectivity index (χ0n) is 17.6. The molecule has 2 aliphatic rings. The van der Waals surface area contributed by atoms with Gasteiger partial charge in [0.1, 0.15) is 17.8 Å². The maximum atomic E-state index is 12.9. The first kappa shape index (κ1) is 21.8. The van der Waals surface area contributed by atoms with Gasteiger partial charge < -0.3 is 14.8 Å². The molecule has 30 heavy (non-hydrogen) atoms. The van der Waals surface area contributed by atoms with Gasteiger partial charge in [-0.05, 0) is 56.9 Å². The molecule has 1 aromatic rings. The summed E-state index contributed by atoms with van der Waals surface area (Å²) in [6.45, 7) is 5.27. The van der Waals surface area contributed by atoms with Crippen LogP contribution in [0.25, 0.3) is 0 Å². The molecule has 1 N–H and O–H groups in total. The van der Waals surface area contributed by atoms with Gasteiger partial charge in [-0.25, -0.2) is 4.79 Å². The van der Waals surface area contributed by atoms with Crippen molar-refractivity contribution in [3.05, 3.63) is 29.8 Å². The molecule has 1 aliphatic heterocycles. The van der Waals surface area contributed by atoms with E-state index in [9.17, 15) is 19.2 Å². The summed E-state index contributed by atoms with van der Waals surface area (Å²) in [6.07, 6.45) is 2.23. The Labute approximate surface area is 175 Å². The molecular weight excluding hydrogens is 388 g/mol. The number of ketones is 1. The summed E-state index contributed by atoms with van der Waals surface area (Å²) >= 11 is 0. The molecule has 1 heterocycles. The first-order valence-corrected chi connectivity index (χ1v) is 10.4. The number of hydrogen-bond donors (Lipinski definition) is 1. The van der Waals surface area contributed by atoms with Gasteiger partial charge in [0.2, 0.25) is 5.78 Å². The quantitative estimate of drug-likeness (QED) is 0.417. The van der Waals surface area contributed by atoms with E-state index < -0.39 is 30.2 Å². The predicted octanol–water partition coefficient (Wildman–Crippen LogP) is 2.70. The van der Waals surface area contributed by atoms with Crippen LogP contribution in [-0.4, -0.2) is 53.4 Å². The number of esters is 1. The van der Waals surface area contributed by atoms with Crippen molar-refractivity contribution >= 4 is 23.7 Å². The molecular formula is C22H28N2O6. The minimum Gasteiger partial charge on any atom is -0.494 e. The Kier molecular flexibility index (Phi) is 6.43. The van der Waals surface area contributed by atoms with E-state index in [0.717, 1.165) is 24.2 Å². The Bertz CT molecular complexity index is 837. The van der Waals surface area contributed by atoms with Crippen LogP contribution < -0.4 is 10.1 Å². The number of carbonyl (C=O) groups is 4. The third-order valence-electron chi connectivity index (χ3n) is 5.92. The number of carbonyl (C=O) groups excluding carboxylic acids is 4. The summed E-state index contributed by atoms with van der Waals surface area (Å²) in [5.74, 6) is -0.916. The molecule has 0 radical (unpaired) electrons. The Hall–Kier alpha value is -2.90. The lowest BCUT2D eigenvalue weighted by molar-refractivity contribution is -0.150. The van der Waals surface area contributed by atoms with Crippen molar-refractivity contribution < 1.29 is 28.7 Å². The summed E-state index contributed by atoms with van der Waals surface area (Å²) in [4.78, 5) is 51.1. The van der Waals surface area contributed by atoms with Crippen LogP contribution >= 0.6 is 0 Å². The highest BCUT2D eigenvalue weighted by Crippen LogP contribution is 2.38. The van der Waals surface area contributed by atoms with Crippen molar-refractivity contribution in [3.63, 3.8) is 0 Å². The standard InChI is InChI=1S/C22H28N2O6/c1-4-29-17-10-8-16(9-11-17)19(26)15(3)30-18(25)13-24-20(27)22(23-21(24)28)12-6-5-7-14(22)2/h8-11,14-15H,4-7,12-13H2,1-3H3,(H,23,28)/t14-,15-,22-/m0/s1. The second-order valence-electron chi connectivity index (χ2n) is 7.89. The number of amides is 3. The molecule has 3 rings (SSSR count). The fourth-order valence-corrected chi connectivity index (χ4v) is 4.17. The van der Waals surface area contributed by atoms with Crippen LogP contribution in [0.5, 0.6) is 5.75 Å². The topological polar surface area (TPSA) is 102 Å². The van der Waals surface area contributed by atoms with Crippen molar-refractivity contribution in [3.8, 4) is 5.75 Å². The van der Waals surface area contributed by atoms with Crippen molar-refractivity contribution in [2.75, 3.05) is 13.2 Å². The highest BCUT2D eigenvalue weighted by Gasteiger charge is 2.55. The third-order valence-corrected chi connectivity index (χ3v) is 5.92. The van der Waals surface area contributed by atoms with E-state index in [1.54, 1.807) is 24.3 Å². The minimum atomic E-state index is -1.04. The van der Waals surface area contributed by atoms with E-state index in [2.05, 4.69) is 5.32 Å².